The first-order valence-corrected chi connectivity index (χ1v) is 9.29. The molecule has 4 rings (SSSR count). The summed E-state index contributed by atoms with van der Waals surface area (Å²) in [7, 11) is 1.61. The molecule has 140 valence electrons. The number of benzene rings is 2. The van der Waals surface area contributed by atoms with E-state index >= 15 is 0 Å². The Morgan fingerprint density at radius 1 is 1.26 bits per heavy atom. The molecule has 1 saturated heterocycles. The number of nitrogens with one attached hydrogen (secondary N) is 2. The number of ether oxygens (including phenoxy) is 1. The van der Waals surface area contributed by atoms with Gasteiger partial charge in [-0.25, -0.2) is 0 Å². The standard InChI is InChI=1S/C21H23N3O3/c1-27-19-8-3-2-6-15(19)13-22-20(25)14-9-10-17-16(12-14)23-21(26)18-7-4-5-11-24(17)18/h2-3,6,8-10,12,18H,4-5,7,11,13H2,1H3,(H,22,25)(H,23,26)/t18-/m0/s1. The molecule has 2 aromatic rings. The number of amides is 2. The molecule has 0 spiro atoms. The second kappa shape index (κ2) is 7.31. The molecular formula is C21H23N3O3. The summed E-state index contributed by atoms with van der Waals surface area (Å²) >= 11 is 0. The number of anilines is 2. The van der Waals surface area contributed by atoms with Gasteiger partial charge in [0.1, 0.15) is 11.8 Å². The molecule has 0 aliphatic carbocycles. The number of piperidine rings is 1. The summed E-state index contributed by atoms with van der Waals surface area (Å²) in [5, 5.41) is 5.88. The van der Waals surface area contributed by atoms with Gasteiger partial charge in [-0.1, -0.05) is 18.2 Å². The lowest BCUT2D eigenvalue weighted by Gasteiger charge is -2.41. The minimum Gasteiger partial charge on any atom is -0.496 e. The van der Waals surface area contributed by atoms with Gasteiger partial charge in [0.2, 0.25) is 5.91 Å². The van der Waals surface area contributed by atoms with Crippen LogP contribution in [0.1, 0.15) is 35.2 Å². The van der Waals surface area contributed by atoms with Crippen molar-refractivity contribution < 1.29 is 14.3 Å². The first-order valence-electron chi connectivity index (χ1n) is 9.29. The van der Waals surface area contributed by atoms with Crippen molar-refractivity contribution in [2.75, 3.05) is 23.9 Å². The molecule has 2 aromatic carbocycles. The maximum Gasteiger partial charge on any atom is 0.251 e. The van der Waals surface area contributed by atoms with Crippen LogP contribution in [0.15, 0.2) is 42.5 Å². The van der Waals surface area contributed by atoms with Crippen molar-refractivity contribution in [1.82, 2.24) is 5.32 Å². The summed E-state index contributed by atoms with van der Waals surface area (Å²) in [6.45, 7) is 1.25. The minimum atomic E-state index is -0.182. The third-order valence-corrected chi connectivity index (χ3v) is 5.26. The average Bonchev–Trinajstić information content (AvgIpc) is 2.72. The van der Waals surface area contributed by atoms with E-state index in [0.717, 1.165) is 42.8 Å². The number of hydrogen-bond donors (Lipinski definition) is 2. The lowest BCUT2D eigenvalue weighted by atomic mass is 9.97. The molecule has 2 N–H and O–H groups in total. The Balaban J connectivity index is 1.51. The Kier molecular flexibility index (Phi) is 4.71. The largest absolute Gasteiger partial charge is 0.496 e. The lowest BCUT2D eigenvalue weighted by Crippen LogP contribution is -2.50. The van der Waals surface area contributed by atoms with E-state index in [0.29, 0.717) is 17.8 Å². The molecular weight excluding hydrogens is 342 g/mol. The van der Waals surface area contributed by atoms with Gasteiger partial charge in [0.05, 0.1) is 18.5 Å². The molecule has 0 bridgehead atoms. The van der Waals surface area contributed by atoms with Gasteiger partial charge in [-0.15, -0.1) is 0 Å². The van der Waals surface area contributed by atoms with E-state index in [9.17, 15) is 9.59 Å². The Labute approximate surface area is 158 Å². The average molecular weight is 365 g/mol. The molecule has 0 saturated carbocycles. The fourth-order valence-corrected chi connectivity index (χ4v) is 3.86. The van der Waals surface area contributed by atoms with Crippen molar-refractivity contribution in [3.8, 4) is 5.75 Å². The number of fused-ring (bicyclic) bond motifs is 3. The highest BCUT2D eigenvalue weighted by Gasteiger charge is 2.34. The highest BCUT2D eigenvalue weighted by Crippen LogP contribution is 2.36. The normalized spacial score (nSPS) is 18.2. The van der Waals surface area contributed by atoms with E-state index in [2.05, 4.69) is 15.5 Å². The van der Waals surface area contributed by atoms with E-state index in [-0.39, 0.29) is 17.9 Å². The van der Waals surface area contributed by atoms with Gasteiger partial charge in [0.15, 0.2) is 0 Å². The van der Waals surface area contributed by atoms with Crippen LogP contribution >= 0.6 is 0 Å². The maximum atomic E-state index is 12.6. The smallest absolute Gasteiger partial charge is 0.251 e. The van der Waals surface area contributed by atoms with Crippen LogP contribution in [0.4, 0.5) is 11.4 Å². The van der Waals surface area contributed by atoms with Gasteiger partial charge < -0.3 is 20.3 Å². The Morgan fingerprint density at radius 3 is 2.96 bits per heavy atom. The van der Waals surface area contributed by atoms with Crippen molar-refractivity contribution in [3.05, 3.63) is 53.6 Å². The van der Waals surface area contributed by atoms with Crippen LogP contribution in [0.2, 0.25) is 0 Å². The van der Waals surface area contributed by atoms with Gasteiger partial charge >= 0.3 is 0 Å². The molecule has 2 aliphatic rings. The van der Waals surface area contributed by atoms with Crippen molar-refractivity contribution >= 4 is 23.2 Å². The highest BCUT2D eigenvalue weighted by atomic mass is 16.5. The number of rotatable bonds is 4. The minimum absolute atomic E-state index is 0.0220. The van der Waals surface area contributed by atoms with Crippen LogP contribution in [-0.4, -0.2) is 31.5 Å². The third kappa shape index (κ3) is 3.35. The maximum absolute atomic E-state index is 12.6. The number of methoxy groups -OCH3 is 1. The zero-order valence-electron chi connectivity index (χ0n) is 15.3. The number of carbonyl (C=O) groups is 2. The molecule has 2 aliphatic heterocycles. The molecule has 1 fully saturated rings. The molecule has 27 heavy (non-hydrogen) atoms. The van der Waals surface area contributed by atoms with Crippen LogP contribution in [0.25, 0.3) is 0 Å². The fraction of sp³-hybridized carbons (Fsp3) is 0.333. The third-order valence-electron chi connectivity index (χ3n) is 5.26. The summed E-state index contributed by atoms with van der Waals surface area (Å²) in [5.74, 6) is 0.583. The second-order valence-corrected chi connectivity index (χ2v) is 6.92. The van der Waals surface area contributed by atoms with E-state index in [1.807, 2.05) is 36.4 Å². The Bertz CT molecular complexity index is 881. The number of hydrogen-bond acceptors (Lipinski definition) is 4. The SMILES string of the molecule is COc1ccccc1CNC(=O)c1ccc2c(c1)NC(=O)[C@@H]1CCCCN21. The molecule has 2 amide bonds. The molecule has 0 unspecified atom stereocenters. The highest BCUT2D eigenvalue weighted by molar-refractivity contribution is 6.05. The summed E-state index contributed by atoms with van der Waals surface area (Å²) in [6, 6.07) is 13.0. The topological polar surface area (TPSA) is 70.7 Å². The van der Waals surface area contributed by atoms with Gasteiger partial charge in [0.25, 0.3) is 5.91 Å². The molecule has 6 nitrogen and oxygen atoms in total. The van der Waals surface area contributed by atoms with Crippen molar-refractivity contribution in [2.45, 2.75) is 31.8 Å². The monoisotopic (exact) mass is 365 g/mol. The quantitative estimate of drug-likeness (QED) is 0.874. The molecule has 0 aromatic heterocycles. The first-order chi connectivity index (χ1) is 13.2. The van der Waals surface area contributed by atoms with Gasteiger partial charge in [-0.05, 0) is 43.5 Å². The summed E-state index contributed by atoms with van der Waals surface area (Å²) < 4.78 is 5.32. The predicted octanol–water partition coefficient (Wildman–Crippen LogP) is 2.94. The van der Waals surface area contributed by atoms with E-state index < -0.39 is 0 Å². The van der Waals surface area contributed by atoms with E-state index in [1.165, 1.54) is 0 Å². The first kappa shape index (κ1) is 17.4. The zero-order valence-corrected chi connectivity index (χ0v) is 15.3. The zero-order chi connectivity index (χ0) is 18.8. The van der Waals surface area contributed by atoms with Crippen LogP contribution in [-0.2, 0) is 11.3 Å². The van der Waals surface area contributed by atoms with Crippen LogP contribution < -0.4 is 20.3 Å². The number of carbonyl (C=O) groups excluding carboxylic acids is 2. The number of nitrogens with zero attached hydrogens (tertiary/aromatic N) is 1. The van der Waals surface area contributed by atoms with Crippen LogP contribution in [0, 0.1) is 0 Å². The van der Waals surface area contributed by atoms with Gasteiger partial charge in [-0.3, -0.25) is 9.59 Å². The van der Waals surface area contributed by atoms with Crippen LogP contribution in [0.5, 0.6) is 5.75 Å². The number of para-hydroxylation sites is 1. The molecule has 0 radical (unpaired) electrons. The Morgan fingerprint density at radius 2 is 2.11 bits per heavy atom. The van der Waals surface area contributed by atoms with Gasteiger partial charge in [-0.2, -0.15) is 0 Å². The predicted molar refractivity (Wildman–Crippen MR) is 104 cm³/mol. The molecule has 1 atom stereocenters. The summed E-state index contributed by atoms with van der Waals surface area (Å²) in [5.41, 5.74) is 3.15. The fourth-order valence-electron chi connectivity index (χ4n) is 3.86. The van der Waals surface area contributed by atoms with Gasteiger partial charge in [0, 0.05) is 24.2 Å². The Hall–Kier alpha value is -3.02. The van der Waals surface area contributed by atoms with Crippen molar-refractivity contribution in [2.24, 2.45) is 0 Å². The second-order valence-electron chi connectivity index (χ2n) is 6.92. The van der Waals surface area contributed by atoms with Crippen molar-refractivity contribution in [3.63, 3.8) is 0 Å². The summed E-state index contributed by atoms with van der Waals surface area (Å²) in [6.07, 6.45) is 3.05. The molecule has 2 heterocycles. The van der Waals surface area contributed by atoms with Crippen molar-refractivity contribution in [1.29, 1.82) is 0 Å². The molecule has 6 heteroatoms. The van der Waals surface area contributed by atoms with Crippen LogP contribution in [0.3, 0.4) is 0 Å². The lowest BCUT2D eigenvalue weighted by molar-refractivity contribution is -0.118. The van der Waals surface area contributed by atoms with E-state index in [4.69, 9.17) is 4.74 Å². The van der Waals surface area contributed by atoms with E-state index in [1.54, 1.807) is 13.2 Å². The summed E-state index contributed by atoms with van der Waals surface area (Å²) in [4.78, 5) is 27.1.